The monoisotopic (exact) mass is 414 g/mol. The molecule has 0 fully saturated rings. The van der Waals surface area contributed by atoms with Crippen molar-refractivity contribution in [2.24, 2.45) is 4.99 Å². The SMILES string of the molecule is CN(C)/C(=N/c1cc([S+]([O-])CC(F)(F)F)c(Cl)cc1Cl)C(F)(F)F. The fraction of sp³-hybridized carbons (Fsp3) is 0.417. The second-order valence-electron chi connectivity index (χ2n) is 4.67. The lowest BCUT2D eigenvalue weighted by atomic mass is 10.3. The van der Waals surface area contributed by atoms with Gasteiger partial charge in [0.25, 0.3) is 0 Å². The van der Waals surface area contributed by atoms with Gasteiger partial charge in [-0.2, -0.15) is 26.3 Å². The highest BCUT2D eigenvalue weighted by atomic mass is 35.5. The normalized spacial score (nSPS) is 14.7. The maximum absolute atomic E-state index is 12.9. The van der Waals surface area contributed by atoms with E-state index in [1.54, 1.807) is 0 Å². The van der Waals surface area contributed by atoms with Crippen molar-refractivity contribution in [3.63, 3.8) is 0 Å². The molecule has 0 aromatic heterocycles. The zero-order valence-electron chi connectivity index (χ0n) is 12.1. The van der Waals surface area contributed by atoms with Crippen LogP contribution in [0.3, 0.4) is 0 Å². The maximum Gasteiger partial charge on any atom is 0.449 e. The van der Waals surface area contributed by atoms with E-state index in [1.807, 2.05) is 0 Å². The van der Waals surface area contributed by atoms with Crippen LogP contribution in [0.1, 0.15) is 0 Å². The first-order valence-corrected chi connectivity index (χ1v) is 8.07. The van der Waals surface area contributed by atoms with Gasteiger partial charge in [0, 0.05) is 20.2 Å². The van der Waals surface area contributed by atoms with Crippen molar-refractivity contribution in [3.8, 4) is 0 Å². The number of hydrogen-bond acceptors (Lipinski definition) is 2. The van der Waals surface area contributed by atoms with E-state index in [1.165, 1.54) is 0 Å². The molecule has 0 heterocycles. The van der Waals surface area contributed by atoms with Crippen LogP contribution in [0.5, 0.6) is 0 Å². The molecule has 1 aromatic carbocycles. The average Bonchev–Trinajstić information content (AvgIpc) is 2.33. The minimum atomic E-state index is -4.82. The summed E-state index contributed by atoms with van der Waals surface area (Å²) in [6, 6.07) is 1.65. The molecule has 24 heavy (non-hydrogen) atoms. The van der Waals surface area contributed by atoms with Crippen molar-refractivity contribution < 1.29 is 30.9 Å². The van der Waals surface area contributed by atoms with E-state index in [2.05, 4.69) is 4.99 Å². The van der Waals surface area contributed by atoms with Crippen LogP contribution >= 0.6 is 23.2 Å². The molecule has 0 bridgehead atoms. The summed E-state index contributed by atoms with van der Waals surface area (Å²) in [5, 5.41) is -0.684. The number of alkyl halides is 6. The lowest BCUT2D eigenvalue weighted by Crippen LogP contribution is -2.35. The minimum absolute atomic E-state index is 0.323. The number of rotatable bonds is 3. The number of halogens is 8. The van der Waals surface area contributed by atoms with Crippen LogP contribution in [-0.2, 0) is 11.2 Å². The zero-order chi connectivity index (χ0) is 18.9. The molecule has 1 aromatic rings. The molecule has 1 unspecified atom stereocenters. The maximum atomic E-state index is 12.9. The first-order valence-electron chi connectivity index (χ1n) is 5.99. The molecule has 0 aliphatic carbocycles. The average molecular weight is 415 g/mol. The molecule has 0 amide bonds. The summed E-state index contributed by atoms with van der Waals surface area (Å²) in [6.07, 6.45) is -9.56. The third kappa shape index (κ3) is 5.91. The first kappa shape index (κ1) is 21.2. The third-order valence-electron chi connectivity index (χ3n) is 2.44. The lowest BCUT2D eigenvalue weighted by molar-refractivity contribution is -0.106. The van der Waals surface area contributed by atoms with E-state index in [-0.39, 0.29) is 10.0 Å². The van der Waals surface area contributed by atoms with Gasteiger partial charge in [0.1, 0.15) is 0 Å². The topological polar surface area (TPSA) is 38.7 Å². The molecular weight excluding hydrogens is 405 g/mol. The summed E-state index contributed by atoms with van der Waals surface area (Å²) >= 11 is 8.82. The molecule has 3 nitrogen and oxygen atoms in total. The second kappa shape index (κ2) is 7.59. The highest BCUT2D eigenvalue weighted by molar-refractivity contribution is 7.91. The Balaban J connectivity index is 3.38. The van der Waals surface area contributed by atoms with Crippen molar-refractivity contribution in [1.82, 2.24) is 4.90 Å². The smallest absolute Gasteiger partial charge is 0.449 e. The lowest BCUT2D eigenvalue weighted by Gasteiger charge is -2.19. The highest BCUT2D eigenvalue weighted by Crippen LogP contribution is 2.36. The van der Waals surface area contributed by atoms with Crippen LogP contribution in [0, 0.1) is 0 Å². The van der Waals surface area contributed by atoms with Crippen molar-refractivity contribution in [2.75, 3.05) is 19.8 Å². The van der Waals surface area contributed by atoms with Gasteiger partial charge in [-0.3, -0.25) is 0 Å². The van der Waals surface area contributed by atoms with Gasteiger partial charge in [0.05, 0.1) is 15.7 Å². The minimum Gasteiger partial charge on any atom is -0.611 e. The Labute approximate surface area is 146 Å². The first-order chi connectivity index (χ1) is 10.7. The Morgan fingerprint density at radius 1 is 1.12 bits per heavy atom. The molecule has 12 heteroatoms. The zero-order valence-corrected chi connectivity index (χ0v) is 14.4. The van der Waals surface area contributed by atoms with Crippen molar-refractivity contribution >= 4 is 45.9 Å². The summed E-state index contributed by atoms with van der Waals surface area (Å²) < 4.78 is 87.4. The predicted octanol–water partition coefficient (Wildman–Crippen LogP) is 4.82. The van der Waals surface area contributed by atoms with E-state index in [9.17, 15) is 30.9 Å². The summed E-state index contributed by atoms with van der Waals surface area (Å²) in [5.74, 6) is -3.03. The standard InChI is InChI=1S/C12H10Cl2F6N2OS/c1-22(2)10(12(18,19)20)21-8-4-9(7(14)3-6(8)13)24(23)5-11(15,16)17/h3-4H,5H2,1-2H3/b21-10+. The number of amidine groups is 1. The molecule has 0 saturated heterocycles. The van der Waals surface area contributed by atoms with Crippen LogP contribution in [0.4, 0.5) is 32.0 Å². The van der Waals surface area contributed by atoms with Gasteiger partial charge in [-0.15, -0.1) is 0 Å². The number of benzene rings is 1. The fourth-order valence-corrected chi connectivity index (χ4v) is 3.19. The van der Waals surface area contributed by atoms with Crippen LogP contribution in [-0.4, -0.2) is 47.5 Å². The van der Waals surface area contributed by atoms with Crippen LogP contribution in [0.25, 0.3) is 0 Å². The molecule has 0 aliphatic heterocycles. The molecule has 1 rings (SSSR count). The molecule has 0 spiro atoms. The van der Waals surface area contributed by atoms with E-state index >= 15 is 0 Å². The van der Waals surface area contributed by atoms with Gasteiger partial charge >= 0.3 is 12.4 Å². The Bertz CT molecular complexity index is 633. The van der Waals surface area contributed by atoms with Gasteiger partial charge in [0.15, 0.2) is 4.90 Å². The quantitative estimate of drug-likeness (QED) is 0.308. The molecule has 0 radical (unpaired) electrons. The molecule has 1 atom stereocenters. The largest absolute Gasteiger partial charge is 0.611 e. The Kier molecular flexibility index (Phi) is 6.70. The highest BCUT2D eigenvalue weighted by Gasteiger charge is 2.39. The summed E-state index contributed by atoms with van der Waals surface area (Å²) in [6.45, 7) is 0. The Morgan fingerprint density at radius 3 is 2.08 bits per heavy atom. The third-order valence-corrected chi connectivity index (χ3v) is 4.59. The molecule has 0 aliphatic rings. The van der Waals surface area contributed by atoms with Crippen LogP contribution in [0.15, 0.2) is 22.0 Å². The fourth-order valence-electron chi connectivity index (χ4n) is 1.54. The molecule has 0 saturated carbocycles. The summed E-state index contributed by atoms with van der Waals surface area (Å²) in [4.78, 5) is 3.48. The molecule has 0 N–H and O–H groups in total. The van der Waals surface area contributed by atoms with E-state index in [4.69, 9.17) is 23.2 Å². The molecule has 136 valence electrons. The predicted molar refractivity (Wildman–Crippen MR) is 80.6 cm³/mol. The van der Waals surface area contributed by atoms with Crippen molar-refractivity contribution in [1.29, 1.82) is 0 Å². The van der Waals surface area contributed by atoms with Crippen LogP contribution in [0.2, 0.25) is 10.0 Å². The van der Waals surface area contributed by atoms with Gasteiger partial charge < -0.3 is 9.45 Å². The van der Waals surface area contributed by atoms with Gasteiger partial charge in [0.2, 0.25) is 11.6 Å². The number of aliphatic imine (C=N–C) groups is 1. The number of nitrogens with zero attached hydrogens (tertiary/aromatic N) is 2. The van der Waals surface area contributed by atoms with E-state index < -0.39 is 45.7 Å². The summed E-state index contributed by atoms with van der Waals surface area (Å²) in [7, 11) is 2.16. The van der Waals surface area contributed by atoms with E-state index in [0.717, 1.165) is 26.2 Å². The Morgan fingerprint density at radius 2 is 1.67 bits per heavy atom. The van der Waals surface area contributed by atoms with E-state index in [0.29, 0.717) is 4.90 Å². The molecular formula is C12H10Cl2F6N2OS. The van der Waals surface area contributed by atoms with Gasteiger partial charge in [-0.1, -0.05) is 23.2 Å². The second-order valence-corrected chi connectivity index (χ2v) is 6.90. The summed E-state index contributed by atoms with van der Waals surface area (Å²) in [5.41, 5.74) is -0.493. The Hall–Kier alpha value is -0.840. The van der Waals surface area contributed by atoms with Crippen molar-refractivity contribution in [3.05, 3.63) is 22.2 Å². The van der Waals surface area contributed by atoms with Crippen LogP contribution < -0.4 is 0 Å². The van der Waals surface area contributed by atoms with Gasteiger partial charge in [-0.25, -0.2) is 4.99 Å². The van der Waals surface area contributed by atoms with Gasteiger partial charge in [-0.05, 0) is 17.2 Å². The van der Waals surface area contributed by atoms with Crippen molar-refractivity contribution in [2.45, 2.75) is 17.2 Å². The number of hydrogen-bond donors (Lipinski definition) is 0.